The van der Waals surface area contributed by atoms with Gasteiger partial charge in [-0.1, -0.05) is 51.4 Å². The van der Waals surface area contributed by atoms with E-state index >= 15 is 0 Å². The van der Waals surface area contributed by atoms with E-state index in [1.165, 1.54) is 57.8 Å². The zero-order chi connectivity index (χ0) is 15.5. The number of aliphatic hydroxyl groups is 2. The molecule has 0 unspecified atom stereocenters. The van der Waals surface area contributed by atoms with Crippen LogP contribution in [0.25, 0.3) is 0 Å². The minimum Gasteiger partial charge on any atom is -0.393 e. The normalized spacial score (nSPS) is 27.7. The first kappa shape index (κ1) is 18.9. The topological polar surface area (TPSA) is 52.5 Å². The first-order valence-corrected chi connectivity index (χ1v) is 9.21. The van der Waals surface area contributed by atoms with E-state index in [4.69, 9.17) is 0 Å². The highest BCUT2D eigenvalue weighted by Crippen LogP contribution is 2.18. The van der Waals surface area contributed by atoms with Gasteiger partial charge in [0.05, 0.1) is 12.2 Å². The third kappa shape index (κ3) is 9.49. The Balaban J connectivity index is 1.82. The van der Waals surface area contributed by atoms with Crippen LogP contribution in [0.1, 0.15) is 90.9 Å². The van der Waals surface area contributed by atoms with E-state index in [1.54, 1.807) is 0 Å². The molecule has 0 bridgehead atoms. The molecule has 0 aliphatic carbocycles. The molecule has 4 atom stereocenters. The fraction of sp³-hybridized carbons (Fsp3) is 1.00. The Labute approximate surface area is 131 Å². The van der Waals surface area contributed by atoms with Crippen LogP contribution >= 0.6 is 0 Å². The van der Waals surface area contributed by atoms with Gasteiger partial charge >= 0.3 is 0 Å². The second-order valence-electron chi connectivity index (χ2n) is 7.05. The summed E-state index contributed by atoms with van der Waals surface area (Å²) in [5.41, 5.74) is 0. The van der Waals surface area contributed by atoms with E-state index in [0.717, 1.165) is 19.3 Å². The standard InChI is InChI=1S/C18H37NO2/c1-15(20)11-9-7-5-3-4-6-8-10-12-17-13-14-18(21)16(2)19-17/h15-21H,3-14H2,1-2H3/t15-,16-,17+,18-/m0/s1. The number of hydrogen-bond donors (Lipinski definition) is 3. The molecule has 0 radical (unpaired) electrons. The van der Waals surface area contributed by atoms with Crippen molar-refractivity contribution in [2.75, 3.05) is 0 Å². The van der Waals surface area contributed by atoms with Gasteiger partial charge in [-0.2, -0.15) is 0 Å². The summed E-state index contributed by atoms with van der Waals surface area (Å²) in [6, 6.07) is 0.897. The molecule has 3 nitrogen and oxygen atoms in total. The molecule has 1 rings (SSSR count). The predicted molar refractivity (Wildman–Crippen MR) is 89.5 cm³/mol. The van der Waals surface area contributed by atoms with Crippen LogP contribution in [0.4, 0.5) is 0 Å². The summed E-state index contributed by atoms with van der Waals surface area (Å²) < 4.78 is 0. The molecule has 0 saturated carbocycles. The highest BCUT2D eigenvalue weighted by Gasteiger charge is 2.24. The lowest BCUT2D eigenvalue weighted by Gasteiger charge is -2.32. The number of rotatable bonds is 11. The van der Waals surface area contributed by atoms with Crippen LogP contribution in [0, 0.1) is 0 Å². The Morgan fingerprint density at radius 3 is 2.10 bits per heavy atom. The summed E-state index contributed by atoms with van der Waals surface area (Å²) in [6.45, 7) is 3.97. The van der Waals surface area contributed by atoms with Gasteiger partial charge in [0.15, 0.2) is 0 Å². The van der Waals surface area contributed by atoms with E-state index in [9.17, 15) is 10.2 Å². The van der Waals surface area contributed by atoms with Gasteiger partial charge in [0.25, 0.3) is 0 Å². The van der Waals surface area contributed by atoms with E-state index in [1.807, 2.05) is 6.92 Å². The van der Waals surface area contributed by atoms with Crippen molar-refractivity contribution in [3.05, 3.63) is 0 Å². The number of unbranched alkanes of at least 4 members (excludes halogenated alkanes) is 7. The molecule has 0 amide bonds. The Morgan fingerprint density at radius 2 is 1.52 bits per heavy atom. The van der Waals surface area contributed by atoms with Gasteiger partial charge in [0, 0.05) is 12.1 Å². The fourth-order valence-electron chi connectivity index (χ4n) is 3.31. The van der Waals surface area contributed by atoms with Gasteiger partial charge in [-0.05, 0) is 39.5 Å². The maximum atomic E-state index is 9.68. The van der Waals surface area contributed by atoms with Crippen LogP contribution in [0.15, 0.2) is 0 Å². The maximum absolute atomic E-state index is 9.68. The quantitative estimate of drug-likeness (QED) is 0.509. The molecule has 0 spiro atoms. The number of aliphatic hydroxyl groups excluding tert-OH is 2. The van der Waals surface area contributed by atoms with Gasteiger partial charge in [-0.3, -0.25) is 0 Å². The molecule has 126 valence electrons. The van der Waals surface area contributed by atoms with Crippen molar-refractivity contribution in [3.63, 3.8) is 0 Å². The van der Waals surface area contributed by atoms with Gasteiger partial charge in [-0.25, -0.2) is 0 Å². The maximum Gasteiger partial charge on any atom is 0.0691 e. The minimum atomic E-state index is -0.143. The Kier molecular flexibility index (Phi) is 10.3. The average molecular weight is 299 g/mol. The van der Waals surface area contributed by atoms with Gasteiger partial charge in [-0.15, -0.1) is 0 Å². The monoisotopic (exact) mass is 299 g/mol. The molecule has 1 aliphatic heterocycles. The van der Waals surface area contributed by atoms with Crippen molar-refractivity contribution >= 4 is 0 Å². The fourth-order valence-corrected chi connectivity index (χ4v) is 3.31. The molecular formula is C18H37NO2. The second-order valence-corrected chi connectivity index (χ2v) is 7.05. The van der Waals surface area contributed by atoms with Crippen LogP contribution in [-0.2, 0) is 0 Å². The van der Waals surface area contributed by atoms with Crippen molar-refractivity contribution < 1.29 is 10.2 Å². The summed E-state index contributed by atoms with van der Waals surface area (Å²) in [6.07, 6.45) is 14.6. The van der Waals surface area contributed by atoms with Crippen LogP contribution in [0.3, 0.4) is 0 Å². The van der Waals surface area contributed by atoms with E-state index in [-0.39, 0.29) is 18.2 Å². The van der Waals surface area contributed by atoms with Crippen LogP contribution in [0.2, 0.25) is 0 Å². The molecule has 3 N–H and O–H groups in total. The Bertz CT molecular complexity index is 245. The summed E-state index contributed by atoms with van der Waals surface area (Å²) in [7, 11) is 0. The predicted octanol–water partition coefficient (Wildman–Crippen LogP) is 3.77. The third-order valence-corrected chi connectivity index (χ3v) is 4.81. The molecule has 1 heterocycles. The Morgan fingerprint density at radius 1 is 0.952 bits per heavy atom. The van der Waals surface area contributed by atoms with Crippen molar-refractivity contribution in [2.24, 2.45) is 0 Å². The summed E-state index contributed by atoms with van der Waals surface area (Å²) in [4.78, 5) is 0. The van der Waals surface area contributed by atoms with Crippen LogP contribution in [0.5, 0.6) is 0 Å². The molecular weight excluding hydrogens is 262 g/mol. The highest BCUT2D eigenvalue weighted by atomic mass is 16.3. The molecule has 0 aromatic rings. The molecule has 1 saturated heterocycles. The average Bonchev–Trinajstić information content (AvgIpc) is 2.44. The molecule has 3 heteroatoms. The summed E-state index contributed by atoms with van der Waals surface area (Å²) in [5.74, 6) is 0. The van der Waals surface area contributed by atoms with E-state index in [0.29, 0.717) is 6.04 Å². The molecule has 0 aromatic heterocycles. The first-order chi connectivity index (χ1) is 10.1. The largest absolute Gasteiger partial charge is 0.393 e. The zero-order valence-electron chi connectivity index (χ0n) is 14.2. The lowest BCUT2D eigenvalue weighted by atomic mass is 9.93. The van der Waals surface area contributed by atoms with E-state index < -0.39 is 0 Å². The van der Waals surface area contributed by atoms with Gasteiger partial charge in [0.1, 0.15) is 0 Å². The lowest BCUT2D eigenvalue weighted by molar-refractivity contribution is 0.0849. The zero-order valence-corrected chi connectivity index (χ0v) is 14.2. The number of nitrogens with one attached hydrogen (secondary N) is 1. The van der Waals surface area contributed by atoms with Crippen molar-refractivity contribution in [1.82, 2.24) is 5.32 Å². The minimum absolute atomic E-state index is 0.123. The number of hydrogen-bond acceptors (Lipinski definition) is 3. The highest BCUT2D eigenvalue weighted by molar-refractivity contribution is 4.83. The molecule has 1 fully saturated rings. The van der Waals surface area contributed by atoms with Crippen LogP contribution in [-0.4, -0.2) is 34.5 Å². The van der Waals surface area contributed by atoms with Crippen molar-refractivity contribution in [3.8, 4) is 0 Å². The Hall–Kier alpha value is -0.120. The second kappa shape index (κ2) is 11.4. The molecule has 1 aliphatic rings. The smallest absolute Gasteiger partial charge is 0.0691 e. The van der Waals surface area contributed by atoms with Crippen molar-refractivity contribution in [1.29, 1.82) is 0 Å². The van der Waals surface area contributed by atoms with Crippen LogP contribution < -0.4 is 5.32 Å². The van der Waals surface area contributed by atoms with E-state index in [2.05, 4.69) is 12.2 Å². The SMILES string of the molecule is C[C@H](O)CCCCCCCCCC[C@@H]1CC[C@H](O)[C@H](C)N1. The third-order valence-electron chi connectivity index (χ3n) is 4.81. The summed E-state index contributed by atoms with van der Waals surface area (Å²) in [5, 5.41) is 22.4. The van der Waals surface area contributed by atoms with Gasteiger partial charge in [0.2, 0.25) is 0 Å². The first-order valence-electron chi connectivity index (χ1n) is 9.21. The number of piperidine rings is 1. The van der Waals surface area contributed by atoms with Crippen molar-refractivity contribution in [2.45, 2.75) is 115 Å². The molecule has 21 heavy (non-hydrogen) atoms. The molecule has 0 aromatic carbocycles. The lowest BCUT2D eigenvalue weighted by Crippen LogP contribution is -2.48. The van der Waals surface area contributed by atoms with Gasteiger partial charge < -0.3 is 15.5 Å². The summed E-state index contributed by atoms with van der Waals surface area (Å²) >= 11 is 0.